The van der Waals surface area contributed by atoms with Gasteiger partial charge in [0.25, 0.3) is 0 Å². The Balaban J connectivity index is 1.64. The summed E-state index contributed by atoms with van der Waals surface area (Å²) in [5.74, 6) is 1.09. The van der Waals surface area contributed by atoms with Gasteiger partial charge in [0.05, 0.1) is 12.5 Å². The molecular weight excluding hydrogens is 336 g/mol. The summed E-state index contributed by atoms with van der Waals surface area (Å²) < 4.78 is 6.25. The van der Waals surface area contributed by atoms with E-state index in [1.807, 2.05) is 24.3 Å². The van der Waals surface area contributed by atoms with Crippen molar-refractivity contribution in [2.45, 2.75) is 18.9 Å². The zero-order valence-corrected chi connectivity index (χ0v) is 12.9. The van der Waals surface area contributed by atoms with Gasteiger partial charge < -0.3 is 15.2 Å². The Morgan fingerprint density at radius 1 is 1.38 bits per heavy atom. The van der Waals surface area contributed by atoms with Gasteiger partial charge in [-0.05, 0) is 17.7 Å². The SMILES string of the molecule is O=C1NCCNC1Cc1nc(Cc2cccc(Br)c2)no1. The smallest absolute Gasteiger partial charge is 0.237 e. The van der Waals surface area contributed by atoms with Crippen molar-refractivity contribution in [2.24, 2.45) is 0 Å². The molecule has 1 aliphatic rings. The third-order valence-corrected chi connectivity index (χ3v) is 3.76. The fourth-order valence-electron chi connectivity index (χ4n) is 2.26. The van der Waals surface area contributed by atoms with Crippen LogP contribution in [0.3, 0.4) is 0 Å². The Morgan fingerprint density at radius 3 is 3.10 bits per heavy atom. The molecule has 6 nitrogen and oxygen atoms in total. The normalized spacial score (nSPS) is 18.5. The number of carbonyl (C=O) groups is 1. The predicted octanol–water partition coefficient (Wildman–Crippen LogP) is 1.05. The molecule has 1 aromatic carbocycles. The number of nitrogens with one attached hydrogen (secondary N) is 2. The number of halogens is 1. The number of rotatable bonds is 4. The van der Waals surface area contributed by atoms with Crippen molar-refractivity contribution in [3.63, 3.8) is 0 Å². The van der Waals surface area contributed by atoms with Crippen LogP contribution in [-0.4, -0.2) is 35.2 Å². The molecule has 2 heterocycles. The summed E-state index contributed by atoms with van der Waals surface area (Å²) in [6.07, 6.45) is 1.02. The van der Waals surface area contributed by atoms with Crippen molar-refractivity contribution >= 4 is 21.8 Å². The first-order valence-corrected chi connectivity index (χ1v) is 7.57. The topological polar surface area (TPSA) is 80.0 Å². The van der Waals surface area contributed by atoms with Crippen LogP contribution >= 0.6 is 15.9 Å². The molecule has 1 fully saturated rings. The average molecular weight is 351 g/mol. The van der Waals surface area contributed by atoms with Crippen LogP contribution in [0.1, 0.15) is 17.3 Å². The van der Waals surface area contributed by atoms with Crippen molar-refractivity contribution in [1.82, 2.24) is 20.8 Å². The minimum atomic E-state index is -0.294. The van der Waals surface area contributed by atoms with E-state index < -0.39 is 0 Å². The van der Waals surface area contributed by atoms with Gasteiger partial charge in [-0.3, -0.25) is 4.79 Å². The van der Waals surface area contributed by atoms with Crippen molar-refractivity contribution in [1.29, 1.82) is 0 Å². The number of piperazine rings is 1. The molecule has 0 aliphatic carbocycles. The third kappa shape index (κ3) is 3.68. The largest absolute Gasteiger partial charge is 0.353 e. The number of benzene rings is 1. The van der Waals surface area contributed by atoms with Crippen LogP contribution in [0.5, 0.6) is 0 Å². The molecule has 1 saturated heterocycles. The number of aromatic nitrogens is 2. The Bertz CT molecular complexity index is 643. The standard InChI is InChI=1S/C14H15BrN4O2/c15-10-3-1-2-9(6-10)7-12-18-13(21-19-12)8-11-14(20)17-5-4-16-11/h1-3,6,11,16H,4-5,7-8H2,(H,17,20). The molecule has 2 N–H and O–H groups in total. The fourth-order valence-corrected chi connectivity index (χ4v) is 2.71. The maximum Gasteiger partial charge on any atom is 0.237 e. The second-order valence-corrected chi connectivity index (χ2v) is 5.83. The van der Waals surface area contributed by atoms with Gasteiger partial charge in [0.15, 0.2) is 5.82 Å². The summed E-state index contributed by atoms with van der Waals surface area (Å²) in [7, 11) is 0. The number of nitrogens with zero attached hydrogens (tertiary/aromatic N) is 2. The van der Waals surface area contributed by atoms with E-state index in [0.717, 1.165) is 16.6 Å². The van der Waals surface area contributed by atoms with Gasteiger partial charge in [0, 0.05) is 24.0 Å². The molecule has 0 saturated carbocycles. The van der Waals surface area contributed by atoms with Gasteiger partial charge in [0.1, 0.15) is 0 Å². The van der Waals surface area contributed by atoms with Gasteiger partial charge in [-0.25, -0.2) is 0 Å². The van der Waals surface area contributed by atoms with Crippen LogP contribution in [0.2, 0.25) is 0 Å². The molecule has 1 atom stereocenters. The van der Waals surface area contributed by atoms with E-state index in [1.165, 1.54) is 0 Å². The molecule has 1 aromatic heterocycles. The first-order valence-electron chi connectivity index (χ1n) is 6.78. The van der Waals surface area contributed by atoms with Crippen LogP contribution < -0.4 is 10.6 Å². The number of hydrogen-bond acceptors (Lipinski definition) is 5. The molecule has 110 valence electrons. The number of hydrogen-bond donors (Lipinski definition) is 2. The highest BCUT2D eigenvalue weighted by Gasteiger charge is 2.24. The lowest BCUT2D eigenvalue weighted by molar-refractivity contribution is -0.124. The van der Waals surface area contributed by atoms with E-state index in [0.29, 0.717) is 31.1 Å². The van der Waals surface area contributed by atoms with E-state index >= 15 is 0 Å². The van der Waals surface area contributed by atoms with Gasteiger partial charge in [0.2, 0.25) is 11.8 Å². The predicted molar refractivity (Wildman–Crippen MR) is 79.8 cm³/mol. The minimum absolute atomic E-state index is 0.0204. The second kappa shape index (κ2) is 6.36. The Hall–Kier alpha value is -1.73. The second-order valence-electron chi connectivity index (χ2n) is 4.91. The van der Waals surface area contributed by atoms with Crippen LogP contribution in [0.4, 0.5) is 0 Å². The van der Waals surface area contributed by atoms with Gasteiger partial charge in [-0.15, -0.1) is 0 Å². The van der Waals surface area contributed by atoms with E-state index in [1.54, 1.807) is 0 Å². The molecule has 21 heavy (non-hydrogen) atoms. The Morgan fingerprint density at radius 2 is 2.29 bits per heavy atom. The molecule has 1 unspecified atom stereocenters. The highest BCUT2D eigenvalue weighted by molar-refractivity contribution is 9.10. The van der Waals surface area contributed by atoms with Crippen molar-refractivity contribution in [3.8, 4) is 0 Å². The average Bonchev–Trinajstić information content (AvgIpc) is 2.89. The van der Waals surface area contributed by atoms with E-state index in [-0.39, 0.29) is 11.9 Å². The summed E-state index contributed by atoms with van der Waals surface area (Å²) in [6, 6.07) is 7.68. The van der Waals surface area contributed by atoms with E-state index in [9.17, 15) is 4.79 Å². The molecule has 7 heteroatoms. The monoisotopic (exact) mass is 350 g/mol. The fraction of sp³-hybridized carbons (Fsp3) is 0.357. The maximum atomic E-state index is 11.7. The maximum absolute atomic E-state index is 11.7. The summed E-state index contributed by atoms with van der Waals surface area (Å²) in [5, 5.41) is 9.92. The van der Waals surface area contributed by atoms with E-state index in [2.05, 4.69) is 36.7 Å². The number of amides is 1. The third-order valence-electron chi connectivity index (χ3n) is 3.27. The molecule has 3 rings (SSSR count). The Kier molecular flexibility index (Phi) is 4.31. The van der Waals surface area contributed by atoms with Gasteiger partial charge >= 0.3 is 0 Å². The first-order chi connectivity index (χ1) is 10.2. The molecule has 1 aliphatic heterocycles. The zero-order valence-electron chi connectivity index (χ0n) is 11.3. The van der Waals surface area contributed by atoms with Crippen LogP contribution in [0, 0.1) is 0 Å². The molecule has 2 aromatic rings. The lowest BCUT2D eigenvalue weighted by Crippen LogP contribution is -2.53. The van der Waals surface area contributed by atoms with Gasteiger partial charge in [-0.2, -0.15) is 4.98 Å². The summed E-state index contributed by atoms with van der Waals surface area (Å²) in [4.78, 5) is 16.0. The summed E-state index contributed by atoms with van der Waals surface area (Å²) >= 11 is 3.44. The molecule has 0 bridgehead atoms. The Labute approximate surface area is 130 Å². The quantitative estimate of drug-likeness (QED) is 0.861. The highest BCUT2D eigenvalue weighted by atomic mass is 79.9. The zero-order chi connectivity index (χ0) is 14.7. The number of carbonyl (C=O) groups excluding carboxylic acids is 1. The van der Waals surface area contributed by atoms with Crippen molar-refractivity contribution in [3.05, 3.63) is 46.0 Å². The molecule has 1 amide bonds. The summed E-state index contributed by atoms with van der Waals surface area (Å²) in [5.41, 5.74) is 1.10. The van der Waals surface area contributed by atoms with Crippen molar-refractivity contribution in [2.75, 3.05) is 13.1 Å². The van der Waals surface area contributed by atoms with Crippen LogP contribution in [0.25, 0.3) is 0 Å². The summed E-state index contributed by atoms with van der Waals surface area (Å²) in [6.45, 7) is 1.42. The lowest BCUT2D eigenvalue weighted by atomic mass is 10.1. The van der Waals surface area contributed by atoms with Crippen LogP contribution in [-0.2, 0) is 17.6 Å². The van der Waals surface area contributed by atoms with Crippen LogP contribution in [0.15, 0.2) is 33.3 Å². The van der Waals surface area contributed by atoms with E-state index in [4.69, 9.17) is 4.52 Å². The first kappa shape index (κ1) is 14.2. The minimum Gasteiger partial charge on any atom is -0.353 e. The van der Waals surface area contributed by atoms with Gasteiger partial charge in [-0.1, -0.05) is 33.2 Å². The molecular formula is C14H15BrN4O2. The van der Waals surface area contributed by atoms with Crippen molar-refractivity contribution < 1.29 is 9.32 Å². The molecule has 0 spiro atoms. The highest BCUT2D eigenvalue weighted by Crippen LogP contribution is 2.14. The molecule has 0 radical (unpaired) electrons. The lowest BCUT2D eigenvalue weighted by Gasteiger charge is -2.21.